The Hall–Kier alpha value is -1.04. The van der Waals surface area contributed by atoms with E-state index in [1.54, 1.807) is 19.2 Å². The number of likely N-dealkylation sites (tertiary alicyclic amines) is 1. The molecule has 0 radical (unpaired) electrons. The number of piperidine rings is 1. The van der Waals surface area contributed by atoms with E-state index in [0.29, 0.717) is 12.5 Å². The van der Waals surface area contributed by atoms with Gasteiger partial charge < -0.3 is 10.5 Å². The minimum Gasteiger partial charge on any atom is -0.384 e. The molecule has 0 aliphatic carbocycles. The van der Waals surface area contributed by atoms with E-state index in [-0.39, 0.29) is 11.6 Å². The molecule has 0 spiro atoms. The van der Waals surface area contributed by atoms with Crippen molar-refractivity contribution in [3.05, 3.63) is 35.4 Å². The molecule has 1 saturated heterocycles. The van der Waals surface area contributed by atoms with Gasteiger partial charge in [0.2, 0.25) is 0 Å². The summed E-state index contributed by atoms with van der Waals surface area (Å²) in [5.74, 6) is 0.595. The van der Waals surface area contributed by atoms with Crippen molar-refractivity contribution >= 4 is 0 Å². The number of ether oxygens (including phenoxy) is 1. The van der Waals surface area contributed by atoms with Crippen LogP contribution in [0.2, 0.25) is 0 Å². The zero-order valence-electron chi connectivity index (χ0n) is 12.5. The van der Waals surface area contributed by atoms with Gasteiger partial charge in [-0.15, -0.1) is 0 Å². The van der Waals surface area contributed by atoms with Crippen LogP contribution < -0.4 is 5.73 Å². The highest BCUT2D eigenvalue weighted by Gasteiger charge is 2.25. The van der Waals surface area contributed by atoms with Gasteiger partial charge >= 0.3 is 0 Å². The lowest BCUT2D eigenvalue weighted by molar-refractivity contribution is 0.0809. The third-order valence-electron chi connectivity index (χ3n) is 4.26. The van der Waals surface area contributed by atoms with Gasteiger partial charge in [0.05, 0.1) is 0 Å². The molecule has 1 unspecified atom stereocenters. The molecular formula is C16H24F2N2O. The summed E-state index contributed by atoms with van der Waals surface area (Å²) in [5.41, 5.74) is 6.86. The van der Waals surface area contributed by atoms with E-state index < -0.39 is 6.43 Å². The number of nitrogens with zero attached hydrogens (tertiary/aromatic N) is 1. The van der Waals surface area contributed by atoms with Crippen molar-refractivity contribution in [2.24, 2.45) is 11.7 Å². The molecule has 0 bridgehead atoms. The maximum Gasteiger partial charge on any atom is 0.263 e. The SMILES string of the molecule is COCC1CCN(C(CN)c2cccc(C(F)F)c2)CC1. The Labute approximate surface area is 125 Å². The summed E-state index contributed by atoms with van der Waals surface area (Å²) < 4.78 is 30.9. The average Bonchev–Trinajstić information content (AvgIpc) is 2.50. The zero-order valence-corrected chi connectivity index (χ0v) is 12.5. The van der Waals surface area contributed by atoms with Gasteiger partial charge in [-0.25, -0.2) is 8.78 Å². The van der Waals surface area contributed by atoms with Crippen LogP contribution in [0.15, 0.2) is 24.3 Å². The molecule has 0 aromatic heterocycles. The average molecular weight is 298 g/mol. The molecular weight excluding hydrogens is 274 g/mol. The van der Waals surface area contributed by atoms with E-state index in [4.69, 9.17) is 10.5 Å². The molecule has 0 saturated carbocycles. The Morgan fingerprint density at radius 2 is 1.95 bits per heavy atom. The quantitative estimate of drug-likeness (QED) is 0.877. The van der Waals surface area contributed by atoms with Crippen molar-refractivity contribution in [3.63, 3.8) is 0 Å². The van der Waals surface area contributed by atoms with Crippen molar-refractivity contribution in [1.29, 1.82) is 0 Å². The highest BCUT2D eigenvalue weighted by atomic mass is 19.3. The van der Waals surface area contributed by atoms with Gasteiger partial charge in [-0.05, 0) is 43.5 Å². The summed E-state index contributed by atoms with van der Waals surface area (Å²) in [6.07, 6.45) is -0.298. The third-order valence-corrected chi connectivity index (χ3v) is 4.26. The lowest BCUT2D eigenvalue weighted by atomic mass is 9.94. The lowest BCUT2D eigenvalue weighted by Crippen LogP contribution is -2.40. The molecule has 2 rings (SSSR count). The van der Waals surface area contributed by atoms with Crippen molar-refractivity contribution < 1.29 is 13.5 Å². The van der Waals surface area contributed by atoms with Gasteiger partial charge in [-0.1, -0.05) is 18.2 Å². The van der Waals surface area contributed by atoms with Crippen LogP contribution in [0.5, 0.6) is 0 Å². The zero-order chi connectivity index (χ0) is 15.2. The minimum atomic E-state index is -2.43. The van der Waals surface area contributed by atoms with Gasteiger partial charge in [0.25, 0.3) is 6.43 Å². The number of hydrogen-bond donors (Lipinski definition) is 1. The molecule has 1 atom stereocenters. The van der Waals surface area contributed by atoms with Gasteiger partial charge in [0.15, 0.2) is 0 Å². The Bertz CT molecular complexity index is 434. The lowest BCUT2D eigenvalue weighted by Gasteiger charge is -2.37. The van der Waals surface area contributed by atoms with Crippen LogP contribution in [0, 0.1) is 5.92 Å². The second-order valence-corrected chi connectivity index (χ2v) is 5.66. The highest BCUT2D eigenvalue weighted by Crippen LogP contribution is 2.28. The second-order valence-electron chi connectivity index (χ2n) is 5.66. The van der Waals surface area contributed by atoms with E-state index >= 15 is 0 Å². The fourth-order valence-electron chi connectivity index (χ4n) is 3.06. The molecule has 1 heterocycles. The van der Waals surface area contributed by atoms with Gasteiger partial charge in [0, 0.05) is 31.9 Å². The van der Waals surface area contributed by atoms with Crippen molar-refractivity contribution in [2.45, 2.75) is 25.3 Å². The van der Waals surface area contributed by atoms with E-state index in [1.165, 1.54) is 6.07 Å². The van der Waals surface area contributed by atoms with E-state index in [0.717, 1.165) is 38.1 Å². The van der Waals surface area contributed by atoms with Crippen molar-refractivity contribution in [3.8, 4) is 0 Å². The third kappa shape index (κ3) is 4.22. The maximum absolute atomic E-state index is 12.8. The first-order valence-electron chi connectivity index (χ1n) is 7.46. The predicted molar refractivity (Wildman–Crippen MR) is 79.4 cm³/mol. The van der Waals surface area contributed by atoms with Crippen LogP contribution in [0.1, 0.15) is 36.4 Å². The molecule has 5 heteroatoms. The molecule has 3 nitrogen and oxygen atoms in total. The van der Waals surface area contributed by atoms with Crippen LogP contribution in [0.3, 0.4) is 0 Å². The van der Waals surface area contributed by atoms with E-state index in [2.05, 4.69) is 4.90 Å². The summed E-state index contributed by atoms with van der Waals surface area (Å²) in [5, 5.41) is 0. The normalized spacial score (nSPS) is 19.1. The Balaban J connectivity index is 2.05. The first kappa shape index (κ1) is 16.3. The van der Waals surface area contributed by atoms with Crippen LogP contribution in [0.4, 0.5) is 8.78 Å². The van der Waals surface area contributed by atoms with E-state index in [9.17, 15) is 8.78 Å². The van der Waals surface area contributed by atoms with E-state index in [1.807, 2.05) is 6.07 Å². The molecule has 1 aromatic carbocycles. The smallest absolute Gasteiger partial charge is 0.263 e. The molecule has 2 N–H and O–H groups in total. The number of nitrogens with two attached hydrogens (primary N) is 1. The number of halogens is 2. The number of alkyl halides is 2. The predicted octanol–water partition coefficient (Wildman–Crippen LogP) is 2.98. The first-order chi connectivity index (χ1) is 10.2. The largest absolute Gasteiger partial charge is 0.384 e. The van der Waals surface area contributed by atoms with Crippen LogP contribution in [-0.4, -0.2) is 38.3 Å². The standard InChI is InChI=1S/C16H24F2N2O/c1-21-11-12-5-7-20(8-6-12)15(10-19)13-3-2-4-14(9-13)16(17)18/h2-4,9,12,15-16H,5-8,10-11,19H2,1H3. The molecule has 1 aliphatic heterocycles. The summed E-state index contributed by atoms with van der Waals surface area (Å²) >= 11 is 0. The number of benzene rings is 1. The fraction of sp³-hybridized carbons (Fsp3) is 0.625. The van der Waals surface area contributed by atoms with Gasteiger partial charge in [-0.2, -0.15) is 0 Å². The Morgan fingerprint density at radius 3 is 2.52 bits per heavy atom. The summed E-state index contributed by atoms with van der Waals surface area (Å²) in [4.78, 5) is 2.30. The van der Waals surface area contributed by atoms with Gasteiger partial charge in [0.1, 0.15) is 0 Å². The Morgan fingerprint density at radius 1 is 1.29 bits per heavy atom. The second kappa shape index (κ2) is 7.82. The minimum absolute atomic E-state index is 0.0206. The van der Waals surface area contributed by atoms with Crippen LogP contribution in [-0.2, 0) is 4.74 Å². The van der Waals surface area contributed by atoms with Crippen molar-refractivity contribution in [2.75, 3.05) is 33.4 Å². The fourth-order valence-corrected chi connectivity index (χ4v) is 3.06. The van der Waals surface area contributed by atoms with Gasteiger partial charge in [-0.3, -0.25) is 4.90 Å². The molecule has 1 aliphatic rings. The summed E-state index contributed by atoms with van der Waals surface area (Å²) in [6.45, 7) is 3.12. The molecule has 1 fully saturated rings. The Kier molecular flexibility index (Phi) is 6.08. The number of hydrogen-bond acceptors (Lipinski definition) is 3. The van der Waals surface area contributed by atoms with Crippen LogP contribution >= 0.6 is 0 Å². The molecule has 0 amide bonds. The number of rotatable bonds is 6. The van der Waals surface area contributed by atoms with Crippen molar-refractivity contribution in [1.82, 2.24) is 4.90 Å². The first-order valence-corrected chi connectivity index (χ1v) is 7.46. The highest BCUT2D eigenvalue weighted by molar-refractivity contribution is 5.27. The summed E-state index contributed by atoms with van der Waals surface area (Å²) in [7, 11) is 1.73. The summed E-state index contributed by atoms with van der Waals surface area (Å²) in [6, 6.07) is 6.66. The topological polar surface area (TPSA) is 38.5 Å². The number of methoxy groups -OCH3 is 1. The van der Waals surface area contributed by atoms with Crippen LogP contribution in [0.25, 0.3) is 0 Å². The maximum atomic E-state index is 12.8. The molecule has 1 aromatic rings. The molecule has 118 valence electrons. The molecule has 21 heavy (non-hydrogen) atoms. The monoisotopic (exact) mass is 298 g/mol.